The molecular formula is C4H5BrZn. The van der Waals surface area contributed by atoms with Crippen molar-refractivity contribution in [3.63, 3.8) is 0 Å². The molecule has 0 radical (unpaired) electrons. The molecule has 0 aromatic rings. The second kappa shape index (κ2) is 17.7. The Morgan fingerprint density at radius 1 is 1.67 bits per heavy atom. The molecule has 0 aromatic heterocycles. The van der Waals surface area contributed by atoms with Crippen molar-refractivity contribution in [2.24, 2.45) is 0 Å². The topological polar surface area (TPSA) is 0 Å². The second-order valence-corrected chi connectivity index (χ2v) is 0.427. The molecule has 0 bridgehead atoms. The first-order valence-corrected chi connectivity index (χ1v) is 8.32. The minimum atomic E-state index is 1.19. The molecular weight excluding hydrogens is 193 g/mol. The van der Waals surface area contributed by atoms with E-state index in [0.29, 0.717) is 0 Å². The fourth-order valence-corrected chi connectivity index (χ4v) is 0. The summed E-state index contributed by atoms with van der Waals surface area (Å²) in [5, 5.41) is 0. The van der Waals surface area contributed by atoms with Crippen LogP contribution in [0.25, 0.3) is 0 Å². The molecule has 2 heteroatoms. The number of hydrogen-bond acceptors (Lipinski definition) is 0. The fraction of sp³-hybridized carbons (Fsp3) is 0.250. The van der Waals surface area contributed by atoms with Crippen LogP contribution in [0.3, 0.4) is 0 Å². The first kappa shape index (κ1) is 9.73. The van der Waals surface area contributed by atoms with Crippen LogP contribution in [0, 0.1) is 18.8 Å². The maximum atomic E-state index is 3.24. The zero-order valence-electron chi connectivity index (χ0n) is 3.79. The van der Waals surface area contributed by atoms with E-state index in [1.807, 2.05) is 0 Å². The van der Waals surface area contributed by atoms with Gasteiger partial charge in [-0.1, -0.05) is 6.92 Å². The normalized spacial score (nSPS) is 3.33. The fourth-order valence-electron chi connectivity index (χ4n) is 0. The van der Waals surface area contributed by atoms with Crippen LogP contribution in [-0.4, -0.2) is 0 Å². The SMILES string of the molecule is [CH2-]C#CC.[Zn+][Br]. The second-order valence-electron chi connectivity index (χ2n) is 0.427. The summed E-state index contributed by atoms with van der Waals surface area (Å²) in [6.07, 6.45) is 0. The van der Waals surface area contributed by atoms with Crippen molar-refractivity contribution < 1.29 is 16.3 Å². The van der Waals surface area contributed by atoms with E-state index in [1.165, 1.54) is 16.3 Å². The van der Waals surface area contributed by atoms with Gasteiger partial charge < -0.3 is 5.92 Å². The van der Waals surface area contributed by atoms with Gasteiger partial charge in [0.15, 0.2) is 0 Å². The number of rotatable bonds is 0. The molecule has 0 rings (SSSR count). The van der Waals surface area contributed by atoms with Gasteiger partial charge in [0.2, 0.25) is 0 Å². The van der Waals surface area contributed by atoms with Crippen molar-refractivity contribution in [2.75, 3.05) is 0 Å². The third-order valence-electron chi connectivity index (χ3n) is 0.177. The monoisotopic (exact) mass is 196 g/mol. The average molecular weight is 198 g/mol. The minimum absolute atomic E-state index is 1.19. The van der Waals surface area contributed by atoms with Gasteiger partial charge in [-0.3, -0.25) is 5.92 Å². The van der Waals surface area contributed by atoms with E-state index in [9.17, 15) is 0 Å². The summed E-state index contributed by atoms with van der Waals surface area (Å²) >= 11 is 4.25. The van der Waals surface area contributed by atoms with Crippen molar-refractivity contribution >= 4 is 13.6 Å². The van der Waals surface area contributed by atoms with E-state index in [2.05, 4.69) is 32.4 Å². The first-order chi connectivity index (χ1) is 2.91. The van der Waals surface area contributed by atoms with Crippen molar-refractivity contribution in [3.8, 4) is 11.8 Å². The van der Waals surface area contributed by atoms with Crippen molar-refractivity contribution in [3.05, 3.63) is 6.92 Å². The Kier molecular flexibility index (Phi) is 28.7. The van der Waals surface area contributed by atoms with Crippen LogP contribution in [0.1, 0.15) is 6.92 Å². The van der Waals surface area contributed by atoms with Crippen LogP contribution < -0.4 is 0 Å². The molecule has 0 amide bonds. The predicted octanol–water partition coefficient (Wildman–Crippen LogP) is 1.69. The van der Waals surface area contributed by atoms with Gasteiger partial charge in [-0.05, 0) is 0 Å². The Labute approximate surface area is 55.7 Å². The molecule has 0 aliphatic rings. The quantitative estimate of drug-likeness (QED) is 0.316. The molecule has 0 fully saturated rings. The van der Waals surface area contributed by atoms with Crippen molar-refractivity contribution in [2.45, 2.75) is 6.92 Å². The van der Waals surface area contributed by atoms with Crippen LogP contribution >= 0.6 is 13.6 Å². The van der Waals surface area contributed by atoms with E-state index in [1.54, 1.807) is 6.92 Å². The molecule has 0 aliphatic carbocycles. The molecule has 0 aliphatic heterocycles. The summed E-state index contributed by atoms with van der Waals surface area (Å²) < 4.78 is 0. The van der Waals surface area contributed by atoms with Gasteiger partial charge in [-0.25, -0.2) is 0 Å². The summed E-state index contributed by atoms with van der Waals surface area (Å²) in [6.45, 7) is 5.00. The molecule has 0 unspecified atom stereocenters. The van der Waals surface area contributed by atoms with E-state index in [-0.39, 0.29) is 0 Å². The summed E-state index contributed by atoms with van der Waals surface area (Å²) in [5.74, 6) is 5.00. The summed E-state index contributed by atoms with van der Waals surface area (Å²) in [4.78, 5) is 0. The maximum absolute atomic E-state index is 3.24. The van der Waals surface area contributed by atoms with Crippen LogP contribution in [0.15, 0.2) is 0 Å². The Balaban J connectivity index is 0. The third kappa shape index (κ3) is 24.1. The van der Waals surface area contributed by atoms with Gasteiger partial charge >= 0.3 is 30.0 Å². The van der Waals surface area contributed by atoms with Crippen molar-refractivity contribution in [1.29, 1.82) is 0 Å². The molecule has 0 spiro atoms. The number of hydrogen-bond donors (Lipinski definition) is 0. The zero-order chi connectivity index (χ0) is 5.41. The van der Waals surface area contributed by atoms with E-state index in [4.69, 9.17) is 0 Å². The Hall–Kier alpha value is 0.533. The summed E-state index contributed by atoms with van der Waals surface area (Å²) in [7, 11) is 0. The van der Waals surface area contributed by atoms with Crippen LogP contribution in [0.2, 0.25) is 0 Å². The van der Waals surface area contributed by atoms with Gasteiger partial charge in [0, 0.05) is 0 Å². The van der Waals surface area contributed by atoms with E-state index in [0.717, 1.165) is 0 Å². The van der Waals surface area contributed by atoms with Gasteiger partial charge in [0.05, 0.1) is 0 Å². The molecule has 0 aromatic carbocycles. The molecule has 0 nitrogen and oxygen atoms in total. The Morgan fingerprint density at radius 2 is 1.83 bits per heavy atom. The van der Waals surface area contributed by atoms with Gasteiger partial charge in [-0.2, -0.15) is 6.92 Å². The van der Waals surface area contributed by atoms with Crippen LogP contribution in [0.4, 0.5) is 0 Å². The van der Waals surface area contributed by atoms with Crippen LogP contribution in [-0.2, 0) is 16.3 Å². The summed E-state index contributed by atoms with van der Waals surface area (Å²) in [6, 6.07) is 0. The summed E-state index contributed by atoms with van der Waals surface area (Å²) in [5.41, 5.74) is 0. The molecule has 30 valence electrons. The zero-order valence-corrected chi connectivity index (χ0v) is 8.35. The van der Waals surface area contributed by atoms with Gasteiger partial charge in [-0.15, -0.1) is 0 Å². The predicted molar refractivity (Wildman–Crippen MR) is 27.7 cm³/mol. The molecule has 0 saturated carbocycles. The van der Waals surface area contributed by atoms with E-state index >= 15 is 0 Å². The van der Waals surface area contributed by atoms with Crippen molar-refractivity contribution in [1.82, 2.24) is 0 Å². The number of halogens is 1. The first-order valence-electron chi connectivity index (χ1n) is 1.37. The van der Waals surface area contributed by atoms with E-state index < -0.39 is 0 Å². The van der Waals surface area contributed by atoms with Gasteiger partial charge in [0.25, 0.3) is 0 Å². The molecule has 0 heterocycles. The molecule has 0 saturated heterocycles. The molecule has 0 N–H and O–H groups in total. The Bertz CT molecular complexity index is 44.3. The molecule has 6 heavy (non-hydrogen) atoms. The third-order valence-corrected chi connectivity index (χ3v) is 0.177. The molecule has 0 atom stereocenters. The average Bonchev–Trinajstić information content (AvgIpc) is 1.72. The van der Waals surface area contributed by atoms with Gasteiger partial charge in [0.1, 0.15) is 0 Å². The standard InChI is InChI=1S/C4H5.BrH.Zn/c1-3-4-2;;/h1H2,2H3;1H;/q-1;;+2/p-1. The Morgan fingerprint density at radius 3 is 1.83 bits per heavy atom. The van der Waals surface area contributed by atoms with Crippen LogP contribution in [0.5, 0.6) is 0 Å².